The molecule has 0 amide bonds. The van der Waals surface area contributed by atoms with E-state index in [1.807, 2.05) is 0 Å². The van der Waals surface area contributed by atoms with Gasteiger partial charge in [-0.05, 0) is 30.7 Å². The molecule has 0 aliphatic carbocycles. The van der Waals surface area contributed by atoms with Crippen LogP contribution >= 0.6 is 11.6 Å². The number of hydrogen-bond acceptors (Lipinski definition) is 3. The van der Waals surface area contributed by atoms with Crippen molar-refractivity contribution >= 4 is 29.3 Å². The standard InChI is InChI=1S/C11H12ClNO2/c1-2-15-11(14)6-4-8-3-5-9(12)7-10(8)13/h3-7H,2,13H2,1H3/b6-4-. The predicted octanol–water partition coefficient (Wildman–Crippen LogP) is 2.50. The molecule has 0 fully saturated rings. The van der Waals surface area contributed by atoms with E-state index in [4.69, 9.17) is 22.1 Å². The number of anilines is 1. The second-order valence-corrected chi connectivity index (χ2v) is 3.30. The maximum absolute atomic E-state index is 11.0. The van der Waals surface area contributed by atoms with Gasteiger partial charge in [-0.15, -0.1) is 0 Å². The van der Waals surface area contributed by atoms with Gasteiger partial charge in [0.15, 0.2) is 0 Å². The Morgan fingerprint density at radius 2 is 2.33 bits per heavy atom. The van der Waals surface area contributed by atoms with Gasteiger partial charge in [-0.2, -0.15) is 0 Å². The van der Waals surface area contributed by atoms with Gasteiger partial charge in [0, 0.05) is 16.8 Å². The maximum Gasteiger partial charge on any atom is 0.330 e. The van der Waals surface area contributed by atoms with Gasteiger partial charge < -0.3 is 10.5 Å². The molecule has 0 bridgehead atoms. The summed E-state index contributed by atoms with van der Waals surface area (Å²) in [6.45, 7) is 2.11. The molecule has 3 nitrogen and oxygen atoms in total. The van der Waals surface area contributed by atoms with Crippen LogP contribution in [0.15, 0.2) is 24.3 Å². The van der Waals surface area contributed by atoms with Gasteiger partial charge in [-0.1, -0.05) is 17.7 Å². The molecule has 0 aliphatic heterocycles. The van der Waals surface area contributed by atoms with Crippen molar-refractivity contribution in [2.24, 2.45) is 0 Å². The second-order valence-electron chi connectivity index (χ2n) is 2.86. The van der Waals surface area contributed by atoms with Crippen molar-refractivity contribution in [3.05, 3.63) is 34.9 Å². The Bertz CT molecular complexity index is 388. The smallest absolute Gasteiger partial charge is 0.330 e. The number of hydrogen-bond donors (Lipinski definition) is 1. The van der Waals surface area contributed by atoms with Crippen LogP contribution in [-0.4, -0.2) is 12.6 Å². The van der Waals surface area contributed by atoms with Crippen molar-refractivity contribution in [3.8, 4) is 0 Å². The van der Waals surface area contributed by atoms with E-state index in [0.29, 0.717) is 17.3 Å². The molecule has 0 radical (unpaired) electrons. The van der Waals surface area contributed by atoms with Crippen LogP contribution in [0.3, 0.4) is 0 Å². The first-order valence-corrected chi connectivity index (χ1v) is 4.91. The molecule has 80 valence electrons. The van der Waals surface area contributed by atoms with E-state index in [1.54, 1.807) is 31.2 Å². The van der Waals surface area contributed by atoms with E-state index >= 15 is 0 Å². The van der Waals surface area contributed by atoms with E-state index in [1.165, 1.54) is 6.08 Å². The number of benzene rings is 1. The number of rotatable bonds is 3. The summed E-state index contributed by atoms with van der Waals surface area (Å²) in [4.78, 5) is 11.0. The summed E-state index contributed by atoms with van der Waals surface area (Å²) in [7, 11) is 0. The zero-order chi connectivity index (χ0) is 11.3. The first kappa shape index (κ1) is 11.6. The third kappa shape index (κ3) is 3.64. The van der Waals surface area contributed by atoms with Crippen LogP contribution in [0, 0.1) is 0 Å². The lowest BCUT2D eigenvalue weighted by Gasteiger charge is -2.00. The maximum atomic E-state index is 11.0. The molecule has 1 aromatic carbocycles. The fourth-order valence-corrected chi connectivity index (χ4v) is 1.23. The van der Waals surface area contributed by atoms with Crippen molar-refractivity contribution in [3.63, 3.8) is 0 Å². The minimum atomic E-state index is -0.383. The lowest BCUT2D eigenvalue weighted by atomic mass is 10.1. The monoisotopic (exact) mass is 225 g/mol. The Morgan fingerprint density at radius 3 is 2.93 bits per heavy atom. The lowest BCUT2D eigenvalue weighted by molar-refractivity contribution is -0.137. The Kier molecular flexibility index (Phi) is 4.18. The Labute approximate surface area is 93.5 Å². The molecule has 0 unspecified atom stereocenters. The SMILES string of the molecule is CCOC(=O)/C=C\c1ccc(Cl)cc1N. The van der Waals surface area contributed by atoms with Gasteiger partial charge in [0.2, 0.25) is 0 Å². The minimum absolute atomic E-state index is 0.360. The van der Waals surface area contributed by atoms with Gasteiger partial charge in [0.05, 0.1) is 6.61 Å². The Balaban J connectivity index is 2.76. The van der Waals surface area contributed by atoms with Crippen LogP contribution in [0.4, 0.5) is 5.69 Å². The summed E-state index contributed by atoms with van der Waals surface area (Å²) < 4.78 is 4.73. The van der Waals surface area contributed by atoms with Crippen LogP contribution in [0.1, 0.15) is 12.5 Å². The van der Waals surface area contributed by atoms with Gasteiger partial charge in [-0.25, -0.2) is 4.79 Å². The number of carbonyl (C=O) groups is 1. The van der Waals surface area contributed by atoms with Crippen molar-refractivity contribution in [1.29, 1.82) is 0 Å². The number of halogens is 1. The third-order valence-electron chi connectivity index (χ3n) is 1.73. The third-order valence-corrected chi connectivity index (χ3v) is 1.97. The molecule has 1 aromatic rings. The molecule has 0 heterocycles. The van der Waals surface area contributed by atoms with Gasteiger partial charge >= 0.3 is 5.97 Å². The number of carbonyl (C=O) groups excluding carboxylic acids is 1. The Hall–Kier alpha value is -1.48. The highest BCUT2D eigenvalue weighted by Gasteiger charge is 1.98. The molecule has 0 aliphatic rings. The van der Waals surface area contributed by atoms with Crippen molar-refractivity contribution in [2.45, 2.75) is 6.92 Å². The van der Waals surface area contributed by atoms with Gasteiger partial charge in [0.1, 0.15) is 0 Å². The zero-order valence-corrected chi connectivity index (χ0v) is 9.12. The Morgan fingerprint density at radius 1 is 1.60 bits per heavy atom. The second kappa shape index (κ2) is 5.41. The highest BCUT2D eigenvalue weighted by Crippen LogP contribution is 2.18. The zero-order valence-electron chi connectivity index (χ0n) is 8.37. The number of ether oxygens (including phenoxy) is 1. The fraction of sp³-hybridized carbons (Fsp3) is 0.182. The highest BCUT2D eigenvalue weighted by molar-refractivity contribution is 6.30. The molecular weight excluding hydrogens is 214 g/mol. The summed E-state index contributed by atoms with van der Waals surface area (Å²) in [5.74, 6) is -0.383. The van der Waals surface area contributed by atoms with Crippen molar-refractivity contribution in [1.82, 2.24) is 0 Å². The molecule has 0 saturated carbocycles. The molecule has 0 atom stereocenters. The molecule has 0 aromatic heterocycles. The molecule has 2 N–H and O–H groups in total. The summed E-state index contributed by atoms with van der Waals surface area (Å²) in [6.07, 6.45) is 2.94. The van der Waals surface area contributed by atoms with Gasteiger partial charge in [0.25, 0.3) is 0 Å². The highest BCUT2D eigenvalue weighted by atomic mass is 35.5. The summed E-state index contributed by atoms with van der Waals surface area (Å²) in [6, 6.07) is 5.09. The van der Waals surface area contributed by atoms with Crippen LogP contribution in [0.2, 0.25) is 5.02 Å². The number of nitrogen functional groups attached to an aromatic ring is 1. The average molecular weight is 226 g/mol. The predicted molar refractivity (Wildman–Crippen MR) is 61.5 cm³/mol. The van der Waals surface area contributed by atoms with E-state index in [9.17, 15) is 4.79 Å². The van der Waals surface area contributed by atoms with Crippen LogP contribution in [0.5, 0.6) is 0 Å². The molecule has 1 rings (SSSR count). The average Bonchev–Trinajstić information content (AvgIpc) is 2.17. The van der Waals surface area contributed by atoms with Crippen LogP contribution in [-0.2, 0) is 9.53 Å². The first-order chi connectivity index (χ1) is 7.13. The van der Waals surface area contributed by atoms with Crippen molar-refractivity contribution < 1.29 is 9.53 Å². The topological polar surface area (TPSA) is 52.3 Å². The quantitative estimate of drug-likeness (QED) is 0.489. The summed E-state index contributed by atoms with van der Waals surface area (Å²) in [5, 5.41) is 0.570. The van der Waals surface area contributed by atoms with E-state index < -0.39 is 0 Å². The molecule has 4 heteroatoms. The molecular formula is C11H12ClNO2. The van der Waals surface area contributed by atoms with E-state index in [-0.39, 0.29) is 5.97 Å². The van der Waals surface area contributed by atoms with Crippen molar-refractivity contribution in [2.75, 3.05) is 12.3 Å². The molecule has 0 spiro atoms. The fourth-order valence-electron chi connectivity index (χ4n) is 1.05. The van der Waals surface area contributed by atoms with Gasteiger partial charge in [-0.3, -0.25) is 0 Å². The summed E-state index contributed by atoms with van der Waals surface area (Å²) in [5.41, 5.74) is 6.97. The normalized spacial score (nSPS) is 10.5. The number of esters is 1. The largest absolute Gasteiger partial charge is 0.463 e. The minimum Gasteiger partial charge on any atom is -0.463 e. The van der Waals surface area contributed by atoms with Crippen LogP contribution in [0.25, 0.3) is 6.08 Å². The van der Waals surface area contributed by atoms with Crippen LogP contribution < -0.4 is 5.73 Å². The van der Waals surface area contributed by atoms with E-state index in [0.717, 1.165) is 5.56 Å². The lowest BCUT2D eigenvalue weighted by Crippen LogP contribution is -1.99. The molecule has 15 heavy (non-hydrogen) atoms. The first-order valence-electron chi connectivity index (χ1n) is 4.53. The number of nitrogens with two attached hydrogens (primary N) is 1. The molecule has 0 saturated heterocycles. The summed E-state index contributed by atoms with van der Waals surface area (Å²) >= 11 is 5.73. The van der Waals surface area contributed by atoms with E-state index in [2.05, 4.69) is 0 Å².